The Morgan fingerprint density at radius 1 is 1.50 bits per heavy atom. The van der Waals surface area contributed by atoms with Crippen molar-refractivity contribution in [2.75, 3.05) is 6.61 Å². The number of halogens is 1. The maximum Gasteiger partial charge on any atom is 0.305 e. The molecule has 0 saturated carbocycles. The molecule has 0 aliphatic carbocycles. The van der Waals surface area contributed by atoms with Crippen LogP contribution >= 0.6 is 15.9 Å². The topological polar surface area (TPSA) is 26.3 Å². The molecule has 0 aromatic carbocycles. The molecule has 2 nitrogen and oxygen atoms in total. The van der Waals surface area contributed by atoms with Gasteiger partial charge in [0.2, 0.25) is 0 Å². The number of ether oxygens (including phenoxy) is 1. The Kier molecular flexibility index (Phi) is 5.55. The van der Waals surface area contributed by atoms with Crippen molar-refractivity contribution in [3.05, 3.63) is 0 Å². The predicted octanol–water partition coefficient (Wildman–Crippen LogP) is 2.89. The van der Waals surface area contributed by atoms with Crippen LogP contribution < -0.4 is 0 Å². The monoisotopic (exact) mass is 236 g/mol. The maximum atomic E-state index is 11.0. The number of hydrogen-bond donors (Lipinski definition) is 0. The Balaban J connectivity index is 3.44. The van der Waals surface area contributed by atoms with Gasteiger partial charge >= 0.3 is 5.97 Å². The lowest BCUT2D eigenvalue weighted by Crippen LogP contribution is -2.21. The van der Waals surface area contributed by atoms with Crippen molar-refractivity contribution in [3.8, 4) is 0 Å². The third-order valence-electron chi connectivity index (χ3n) is 1.31. The van der Waals surface area contributed by atoms with E-state index in [0.29, 0.717) is 13.0 Å². The number of alkyl halides is 1. The Morgan fingerprint density at radius 3 is 2.50 bits per heavy atom. The van der Waals surface area contributed by atoms with Crippen molar-refractivity contribution in [3.63, 3.8) is 0 Å². The van der Waals surface area contributed by atoms with Gasteiger partial charge in [0.1, 0.15) is 6.61 Å². The van der Waals surface area contributed by atoms with Gasteiger partial charge in [-0.15, -0.1) is 0 Å². The lowest BCUT2D eigenvalue weighted by molar-refractivity contribution is -0.144. The van der Waals surface area contributed by atoms with Gasteiger partial charge in [0.25, 0.3) is 0 Å². The molecule has 0 spiro atoms. The van der Waals surface area contributed by atoms with E-state index in [0.717, 1.165) is 12.8 Å². The molecule has 72 valence electrons. The first-order chi connectivity index (χ1) is 5.45. The van der Waals surface area contributed by atoms with Crippen molar-refractivity contribution in [2.45, 2.75) is 44.4 Å². The van der Waals surface area contributed by atoms with Gasteiger partial charge in [-0.2, -0.15) is 0 Å². The molecule has 0 fully saturated rings. The number of carbonyl (C=O) groups excluding carboxylic acids is 1. The molecule has 0 bridgehead atoms. The van der Waals surface area contributed by atoms with Crippen LogP contribution in [0.2, 0.25) is 0 Å². The molecule has 0 N–H and O–H groups in total. The summed E-state index contributed by atoms with van der Waals surface area (Å²) >= 11 is 3.40. The van der Waals surface area contributed by atoms with E-state index in [1.165, 1.54) is 0 Å². The smallest absolute Gasteiger partial charge is 0.305 e. The fourth-order valence-corrected chi connectivity index (χ4v) is 0.760. The molecule has 0 atom stereocenters. The van der Waals surface area contributed by atoms with E-state index in [9.17, 15) is 4.79 Å². The summed E-state index contributed by atoms with van der Waals surface area (Å²) in [5.41, 5.74) is 0. The fourth-order valence-electron chi connectivity index (χ4n) is 0.645. The van der Waals surface area contributed by atoms with Crippen LogP contribution in [0.5, 0.6) is 0 Å². The van der Waals surface area contributed by atoms with Gasteiger partial charge in [0.05, 0.1) is 4.32 Å². The van der Waals surface area contributed by atoms with Crippen molar-refractivity contribution in [2.24, 2.45) is 0 Å². The highest BCUT2D eigenvalue weighted by Crippen LogP contribution is 2.15. The Labute approximate surface area is 82.8 Å². The summed E-state index contributed by atoms with van der Waals surface area (Å²) < 4.78 is 4.92. The first kappa shape index (κ1) is 11.9. The number of carbonyl (C=O) groups is 1. The second-order valence-electron chi connectivity index (χ2n) is 3.48. The van der Waals surface area contributed by atoms with Crippen LogP contribution in [-0.4, -0.2) is 16.9 Å². The molecular weight excluding hydrogens is 220 g/mol. The summed E-state index contributed by atoms with van der Waals surface area (Å²) in [4.78, 5) is 11.0. The van der Waals surface area contributed by atoms with E-state index in [4.69, 9.17) is 4.74 Å². The van der Waals surface area contributed by atoms with Gasteiger partial charge in [0.15, 0.2) is 0 Å². The van der Waals surface area contributed by atoms with Gasteiger partial charge in [-0.05, 0) is 20.3 Å². The summed E-state index contributed by atoms with van der Waals surface area (Å²) in [6.07, 6.45) is 2.49. The minimum absolute atomic E-state index is 0.0932. The van der Waals surface area contributed by atoms with E-state index in [-0.39, 0.29) is 10.3 Å². The highest BCUT2D eigenvalue weighted by atomic mass is 79.9. The highest BCUT2D eigenvalue weighted by Gasteiger charge is 2.15. The molecule has 0 heterocycles. The molecule has 0 rings (SSSR count). The van der Waals surface area contributed by atoms with Crippen molar-refractivity contribution >= 4 is 21.9 Å². The second-order valence-corrected chi connectivity index (χ2v) is 5.63. The zero-order chi connectivity index (χ0) is 9.61. The largest absolute Gasteiger partial charge is 0.464 e. The van der Waals surface area contributed by atoms with Crippen LogP contribution in [0.4, 0.5) is 0 Å². The van der Waals surface area contributed by atoms with Gasteiger partial charge in [-0.3, -0.25) is 4.79 Å². The highest BCUT2D eigenvalue weighted by molar-refractivity contribution is 9.10. The Bertz CT molecular complexity index is 138. The van der Waals surface area contributed by atoms with E-state index in [1.54, 1.807) is 0 Å². The van der Waals surface area contributed by atoms with E-state index < -0.39 is 0 Å². The second kappa shape index (κ2) is 5.57. The van der Waals surface area contributed by atoms with Gasteiger partial charge in [-0.1, -0.05) is 29.3 Å². The lowest BCUT2D eigenvalue weighted by atomic mass is 10.2. The first-order valence-electron chi connectivity index (χ1n) is 4.30. The third-order valence-corrected chi connectivity index (χ3v) is 1.54. The first-order valence-corrected chi connectivity index (χ1v) is 5.09. The zero-order valence-corrected chi connectivity index (χ0v) is 9.61. The summed E-state index contributed by atoms with van der Waals surface area (Å²) in [5.74, 6) is -0.0932. The molecule has 0 unspecified atom stereocenters. The average molecular weight is 237 g/mol. The fraction of sp³-hybridized carbons (Fsp3) is 0.889. The van der Waals surface area contributed by atoms with Crippen LogP contribution in [0.1, 0.15) is 40.0 Å². The summed E-state index contributed by atoms with van der Waals surface area (Å²) in [6, 6.07) is 0. The molecule has 3 heteroatoms. The molecule has 0 amide bonds. The van der Waals surface area contributed by atoms with Gasteiger partial charge in [-0.25, -0.2) is 0 Å². The SMILES string of the molecule is CCCCC(=O)OCC(C)(C)Br. The lowest BCUT2D eigenvalue weighted by Gasteiger charge is -2.15. The molecular formula is C9H17BrO2. The third kappa shape index (κ3) is 8.05. The standard InChI is InChI=1S/C9H17BrO2/c1-4-5-6-8(11)12-7-9(2,3)10/h4-7H2,1-3H3. The van der Waals surface area contributed by atoms with Crippen LogP contribution in [0.25, 0.3) is 0 Å². The number of unbranched alkanes of at least 4 members (excludes halogenated alkanes) is 1. The summed E-state index contributed by atoms with van der Waals surface area (Å²) in [7, 11) is 0. The maximum absolute atomic E-state index is 11.0. The number of rotatable bonds is 5. The molecule has 0 aliphatic rings. The van der Waals surface area contributed by atoms with Crippen LogP contribution in [0, 0.1) is 0 Å². The number of esters is 1. The quantitative estimate of drug-likeness (QED) is 0.542. The van der Waals surface area contributed by atoms with Crippen LogP contribution in [0.3, 0.4) is 0 Å². The summed E-state index contributed by atoms with van der Waals surface area (Å²) in [6.45, 7) is 6.44. The minimum Gasteiger partial charge on any atom is -0.464 e. The molecule has 0 aromatic heterocycles. The van der Waals surface area contributed by atoms with Crippen molar-refractivity contribution in [1.29, 1.82) is 0 Å². The molecule has 0 radical (unpaired) electrons. The Morgan fingerprint density at radius 2 is 2.08 bits per heavy atom. The molecule has 0 aromatic rings. The van der Waals surface area contributed by atoms with E-state index in [2.05, 4.69) is 22.9 Å². The normalized spacial score (nSPS) is 11.3. The van der Waals surface area contributed by atoms with E-state index in [1.807, 2.05) is 13.8 Å². The predicted molar refractivity (Wildman–Crippen MR) is 53.5 cm³/mol. The molecule has 0 saturated heterocycles. The van der Waals surface area contributed by atoms with Crippen LogP contribution in [0.15, 0.2) is 0 Å². The zero-order valence-electron chi connectivity index (χ0n) is 8.02. The minimum atomic E-state index is -0.102. The summed E-state index contributed by atoms with van der Waals surface area (Å²) in [5, 5.41) is 0. The van der Waals surface area contributed by atoms with Gasteiger partial charge < -0.3 is 4.74 Å². The van der Waals surface area contributed by atoms with E-state index >= 15 is 0 Å². The number of hydrogen-bond acceptors (Lipinski definition) is 2. The van der Waals surface area contributed by atoms with Crippen molar-refractivity contribution in [1.82, 2.24) is 0 Å². The Hall–Kier alpha value is -0.0500. The van der Waals surface area contributed by atoms with Crippen molar-refractivity contribution < 1.29 is 9.53 Å². The average Bonchev–Trinajstić information content (AvgIpc) is 1.95. The molecule has 12 heavy (non-hydrogen) atoms. The molecule has 0 aliphatic heterocycles. The van der Waals surface area contributed by atoms with Crippen LogP contribution in [-0.2, 0) is 9.53 Å². The van der Waals surface area contributed by atoms with Gasteiger partial charge in [0, 0.05) is 6.42 Å².